The normalized spacial score (nSPS) is 14.6. The lowest BCUT2D eigenvalue weighted by atomic mass is 9.91. The van der Waals surface area contributed by atoms with E-state index in [1.54, 1.807) is 4.90 Å². The smallest absolute Gasteiger partial charge is 0.260 e. The number of carbonyl (C=O) groups is 1. The Balaban J connectivity index is 1.91. The van der Waals surface area contributed by atoms with Crippen molar-refractivity contribution in [3.05, 3.63) is 28.5 Å². The molecule has 0 bridgehead atoms. The molecule has 1 aliphatic rings. The zero-order valence-corrected chi connectivity index (χ0v) is 13.3. The third kappa shape index (κ3) is 4.41. The monoisotopic (exact) mass is 359 g/mol. The van der Waals surface area contributed by atoms with E-state index in [1.807, 2.05) is 0 Å². The number of hydrogen-bond acceptors (Lipinski definition) is 3. The predicted octanol–water partition coefficient (Wildman–Crippen LogP) is 2.73. The topological polar surface area (TPSA) is 49.8 Å². The number of halogens is 2. The highest BCUT2D eigenvalue weighted by atomic mass is 79.9. The van der Waals surface area contributed by atoms with E-state index in [4.69, 9.17) is 9.84 Å². The highest BCUT2D eigenvalue weighted by molar-refractivity contribution is 9.10. The maximum absolute atomic E-state index is 13.0. The van der Waals surface area contributed by atoms with Crippen molar-refractivity contribution in [2.45, 2.75) is 31.7 Å². The van der Waals surface area contributed by atoms with Gasteiger partial charge in [-0.2, -0.15) is 0 Å². The van der Waals surface area contributed by atoms with E-state index >= 15 is 0 Å². The van der Waals surface area contributed by atoms with Gasteiger partial charge in [0.15, 0.2) is 6.61 Å². The lowest BCUT2D eigenvalue weighted by molar-refractivity contribution is -0.137. The molecular weight excluding hydrogens is 341 g/mol. The van der Waals surface area contributed by atoms with Gasteiger partial charge in [0.2, 0.25) is 0 Å². The van der Waals surface area contributed by atoms with Gasteiger partial charge in [0.05, 0.1) is 4.47 Å². The van der Waals surface area contributed by atoms with Crippen molar-refractivity contribution in [1.29, 1.82) is 0 Å². The van der Waals surface area contributed by atoms with Gasteiger partial charge in [-0.3, -0.25) is 4.79 Å². The van der Waals surface area contributed by atoms with E-state index in [0.717, 1.165) is 19.3 Å². The molecule has 0 aromatic heterocycles. The molecule has 1 aromatic rings. The standard InChI is InChI=1S/C15H19BrFNO3/c16-13-9-11(17)5-6-14(13)21-10-15(20)18(7-2-8-19)12-3-1-4-12/h5-6,9,12,19H,1-4,7-8,10H2. The van der Waals surface area contributed by atoms with Crippen LogP contribution in [0.2, 0.25) is 0 Å². The van der Waals surface area contributed by atoms with Crippen LogP contribution >= 0.6 is 15.9 Å². The summed E-state index contributed by atoms with van der Waals surface area (Å²) < 4.78 is 18.9. The van der Waals surface area contributed by atoms with E-state index < -0.39 is 0 Å². The average molecular weight is 360 g/mol. The van der Waals surface area contributed by atoms with Gasteiger partial charge in [-0.25, -0.2) is 4.39 Å². The number of hydrogen-bond donors (Lipinski definition) is 1. The lowest BCUT2D eigenvalue weighted by Gasteiger charge is -2.37. The number of rotatable bonds is 7. The summed E-state index contributed by atoms with van der Waals surface area (Å²) in [6.45, 7) is 0.543. The molecule has 1 fully saturated rings. The first-order chi connectivity index (χ1) is 10.1. The predicted molar refractivity (Wildman–Crippen MR) is 80.6 cm³/mol. The lowest BCUT2D eigenvalue weighted by Crippen LogP contribution is -2.46. The zero-order chi connectivity index (χ0) is 15.2. The molecule has 0 aliphatic heterocycles. The summed E-state index contributed by atoms with van der Waals surface area (Å²) in [6, 6.07) is 4.35. The first-order valence-corrected chi connectivity index (χ1v) is 7.89. The summed E-state index contributed by atoms with van der Waals surface area (Å²) >= 11 is 3.21. The molecule has 21 heavy (non-hydrogen) atoms. The van der Waals surface area contributed by atoms with Crippen LogP contribution in [0.1, 0.15) is 25.7 Å². The number of benzene rings is 1. The maximum Gasteiger partial charge on any atom is 0.260 e. The third-order valence-corrected chi connectivity index (χ3v) is 4.26. The van der Waals surface area contributed by atoms with E-state index in [9.17, 15) is 9.18 Å². The van der Waals surface area contributed by atoms with E-state index in [2.05, 4.69) is 15.9 Å². The summed E-state index contributed by atoms with van der Waals surface area (Å²) in [5, 5.41) is 8.93. The van der Waals surface area contributed by atoms with Gasteiger partial charge in [-0.05, 0) is 59.8 Å². The summed E-state index contributed by atoms with van der Waals surface area (Å²) in [7, 11) is 0. The Morgan fingerprint density at radius 2 is 2.24 bits per heavy atom. The SMILES string of the molecule is O=C(COc1ccc(F)cc1Br)N(CCCO)C1CCC1. The van der Waals surface area contributed by atoms with Crippen molar-refractivity contribution in [3.63, 3.8) is 0 Å². The van der Waals surface area contributed by atoms with Crippen molar-refractivity contribution in [1.82, 2.24) is 4.90 Å². The maximum atomic E-state index is 13.0. The average Bonchev–Trinajstić information content (AvgIpc) is 2.40. The molecule has 0 radical (unpaired) electrons. The molecule has 116 valence electrons. The molecule has 0 spiro atoms. The Bertz CT molecular complexity index is 494. The number of aliphatic hydroxyl groups is 1. The first-order valence-electron chi connectivity index (χ1n) is 7.10. The van der Waals surface area contributed by atoms with Gasteiger partial charge < -0.3 is 14.7 Å². The number of carbonyl (C=O) groups excluding carboxylic acids is 1. The fraction of sp³-hybridized carbons (Fsp3) is 0.533. The minimum atomic E-state index is -0.361. The second kappa shape index (κ2) is 7.75. The summed E-state index contributed by atoms with van der Waals surface area (Å²) in [5.74, 6) is -0.00978. The highest BCUT2D eigenvalue weighted by Crippen LogP contribution is 2.27. The Morgan fingerprint density at radius 1 is 1.48 bits per heavy atom. The summed E-state index contributed by atoms with van der Waals surface area (Å²) in [6.07, 6.45) is 3.73. The molecule has 6 heteroatoms. The fourth-order valence-electron chi connectivity index (χ4n) is 2.27. The molecule has 2 rings (SSSR count). The highest BCUT2D eigenvalue weighted by Gasteiger charge is 2.28. The fourth-order valence-corrected chi connectivity index (χ4v) is 2.73. The molecule has 1 aromatic carbocycles. The number of nitrogens with zero attached hydrogens (tertiary/aromatic N) is 1. The van der Waals surface area contributed by atoms with Gasteiger partial charge in [-0.15, -0.1) is 0 Å². The van der Waals surface area contributed by atoms with Gasteiger partial charge in [-0.1, -0.05) is 0 Å². The number of amides is 1. The summed E-state index contributed by atoms with van der Waals surface area (Å²) in [4.78, 5) is 14.1. The minimum Gasteiger partial charge on any atom is -0.483 e. The van der Waals surface area contributed by atoms with Gasteiger partial charge >= 0.3 is 0 Å². The molecule has 1 N–H and O–H groups in total. The van der Waals surface area contributed by atoms with Crippen LogP contribution in [-0.4, -0.2) is 41.7 Å². The van der Waals surface area contributed by atoms with E-state index in [0.29, 0.717) is 23.2 Å². The Morgan fingerprint density at radius 3 is 2.81 bits per heavy atom. The van der Waals surface area contributed by atoms with E-state index in [-0.39, 0.29) is 31.0 Å². The number of ether oxygens (including phenoxy) is 1. The molecule has 4 nitrogen and oxygen atoms in total. The van der Waals surface area contributed by atoms with Gasteiger partial charge in [0.25, 0.3) is 5.91 Å². The van der Waals surface area contributed by atoms with Gasteiger partial charge in [0.1, 0.15) is 11.6 Å². The second-order valence-electron chi connectivity index (χ2n) is 5.11. The molecule has 1 aliphatic carbocycles. The molecule has 0 unspecified atom stereocenters. The van der Waals surface area contributed by atoms with Crippen LogP contribution in [0.25, 0.3) is 0 Å². The zero-order valence-electron chi connectivity index (χ0n) is 11.7. The minimum absolute atomic E-state index is 0.0703. The first kappa shape index (κ1) is 16.2. The van der Waals surface area contributed by atoms with Crippen LogP contribution < -0.4 is 4.74 Å². The molecule has 1 amide bonds. The Labute approximate surface area is 132 Å². The largest absolute Gasteiger partial charge is 0.483 e. The van der Waals surface area contributed by atoms with Crippen molar-refractivity contribution in [3.8, 4) is 5.75 Å². The quantitative estimate of drug-likeness (QED) is 0.814. The van der Waals surface area contributed by atoms with Crippen molar-refractivity contribution < 1.29 is 19.0 Å². The van der Waals surface area contributed by atoms with Crippen LogP contribution in [0.5, 0.6) is 5.75 Å². The molecule has 0 heterocycles. The Kier molecular flexibility index (Phi) is 5.99. The van der Waals surface area contributed by atoms with Crippen LogP contribution in [0.15, 0.2) is 22.7 Å². The van der Waals surface area contributed by atoms with Crippen molar-refractivity contribution in [2.75, 3.05) is 19.8 Å². The second-order valence-corrected chi connectivity index (χ2v) is 5.97. The van der Waals surface area contributed by atoms with E-state index in [1.165, 1.54) is 18.2 Å². The van der Waals surface area contributed by atoms with Crippen molar-refractivity contribution >= 4 is 21.8 Å². The third-order valence-electron chi connectivity index (χ3n) is 3.64. The van der Waals surface area contributed by atoms with Crippen LogP contribution in [0, 0.1) is 5.82 Å². The van der Waals surface area contributed by atoms with Gasteiger partial charge in [0, 0.05) is 19.2 Å². The van der Waals surface area contributed by atoms with Crippen LogP contribution in [0.4, 0.5) is 4.39 Å². The molecule has 0 saturated heterocycles. The Hall–Kier alpha value is -1.14. The molecule has 1 saturated carbocycles. The molecular formula is C15H19BrFNO3. The van der Waals surface area contributed by atoms with Crippen LogP contribution in [0.3, 0.4) is 0 Å². The molecule has 0 atom stereocenters. The number of aliphatic hydroxyl groups excluding tert-OH is 1. The van der Waals surface area contributed by atoms with Crippen molar-refractivity contribution in [2.24, 2.45) is 0 Å². The summed E-state index contributed by atoms with van der Waals surface area (Å²) in [5.41, 5.74) is 0. The van der Waals surface area contributed by atoms with Crippen LogP contribution in [-0.2, 0) is 4.79 Å².